The van der Waals surface area contributed by atoms with Gasteiger partial charge < -0.3 is 10.4 Å². The Bertz CT molecular complexity index is 971. The minimum Gasteiger partial charge on any atom is -0.506 e. The molecule has 1 aliphatic rings. The fraction of sp³-hybridized carbons (Fsp3) is 0.136. The Labute approximate surface area is 179 Å². The molecule has 2 aromatic carbocycles. The van der Waals surface area contributed by atoms with E-state index in [0.717, 1.165) is 5.56 Å². The Morgan fingerprint density at radius 3 is 2.62 bits per heavy atom. The molecular formula is C22H20N2O3S2. The van der Waals surface area contributed by atoms with Crippen LogP contribution in [0.25, 0.3) is 6.08 Å². The van der Waals surface area contributed by atoms with E-state index in [0.29, 0.717) is 27.9 Å². The van der Waals surface area contributed by atoms with Crippen LogP contribution in [0.2, 0.25) is 0 Å². The van der Waals surface area contributed by atoms with Crippen molar-refractivity contribution in [1.29, 1.82) is 0 Å². The van der Waals surface area contributed by atoms with Gasteiger partial charge in [0.05, 0.1) is 10.6 Å². The number of phenolic OH excluding ortho intramolecular Hbond substituents is 1. The maximum Gasteiger partial charge on any atom is 0.266 e. The van der Waals surface area contributed by atoms with Gasteiger partial charge in [-0.25, -0.2) is 0 Å². The van der Waals surface area contributed by atoms with Crippen molar-refractivity contribution in [3.05, 3.63) is 77.2 Å². The lowest BCUT2D eigenvalue weighted by molar-refractivity contribution is -0.122. The second kappa shape index (κ2) is 10.0. The normalized spacial score (nSPS) is 15.4. The first kappa shape index (κ1) is 20.8. The SMILES string of the molecule is O=C(CCCN1C(=O)C(=CC=Cc2ccccc2)SC1=S)Nc1ccccc1O. The molecule has 0 aliphatic carbocycles. The summed E-state index contributed by atoms with van der Waals surface area (Å²) in [5.41, 5.74) is 1.42. The fourth-order valence-electron chi connectivity index (χ4n) is 2.71. The summed E-state index contributed by atoms with van der Waals surface area (Å²) in [7, 11) is 0. The monoisotopic (exact) mass is 424 g/mol. The maximum absolute atomic E-state index is 12.6. The number of nitrogens with zero attached hydrogens (tertiary/aromatic N) is 1. The summed E-state index contributed by atoms with van der Waals surface area (Å²) in [5.74, 6) is -0.344. The highest BCUT2D eigenvalue weighted by Gasteiger charge is 2.31. The molecule has 5 nitrogen and oxygen atoms in total. The summed E-state index contributed by atoms with van der Waals surface area (Å²) < 4.78 is 0.496. The third-order valence-corrected chi connectivity index (χ3v) is 5.57. The van der Waals surface area contributed by atoms with Crippen LogP contribution in [-0.4, -0.2) is 32.7 Å². The molecule has 0 unspecified atom stereocenters. The number of carbonyl (C=O) groups excluding carboxylic acids is 2. The molecule has 7 heteroatoms. The zero-order chi connectivity index (χ0) is 20.6. The molecule has 0 bridgehead atoms. The van der Waals surface area contributed by atoms with Crippen molar-refractivity contribution in [2.45, 2.75) is 12.8 Å². The molecule has 148 valence electrons. The smallest absolute Gasteiger partial charge is 0.266 e. The number of carbonyl (C=O) groups is 2. The first-order chi connectivity index (χ1) is 14.0. The van der Waals surface area contributed by atoms with E-state index in [9.17, 15) is 14.7 Å². The first-order valence-electron chi connectivity index (χ1n) is 9.09. The molecule has 0 radical (unpaired) electrons. The predicted molar refractivity (Wildman–Crippen MR) is 121 cm³/mol. The van der Waals surface area contributed by atoms with Crippen molar-refractivity contribution < 1.29 is 14.7 Å². The van der Waals surface area contributed by atoms with E-state index in [1.165, 1.54) is 22.7 Å². The highest BCUT2D eigenvalue weighted by Crippen LogP contribution is 2.31. The van der Waals surface area contributed by atoms with Gasteiger partial charge in [-0.3, -0.25) is 14.5 Å². The highest BCUT2D eigenvalue weighted by atomic mass is 32.2. The maximum atomic E-state index is 12.6. The van der Waals surface area contributed by atoms with Crippen LogP contribution < -0.4 is 5.32 Å². The van der Waals surface area contributed by atoms with Gasteiger partial charge in [0, 0.05) is 13.0 Å². The van der Waals surface area contributed by atoms with Gasteiger partial charge in [0.2, 0.25) is 5.91 Å². The molecular weight excluding hydrogens is 404 g/mol. The number of rotatable bonds is 7. The summed E-state index contributed by atoms with van der Waals surface area (Å²) in [5, 5.41) is 12.4. The Morgan fingerprint density at radius 2 is 1.86 bits per heavy atom. The van der Waals surface area contributed by atoms with Gasteiger partial charge in [0.25, 0.3) is 5.91 Å². The number of thioether (sulfide) groups is 1. The van der Waals surface area contributed by atoms with Crippen molar-refractivity contribution in [1.82, 2.24) is 4.90 Å². The molecule has 3 rings (SSSR count). The van der Waals surface area contributed by atoms with Crippen molar-refractivity contribution in [3.8, 4) is 5.75 Å². The Morgan fingerprint density at radius 1 is 1.14 bits per heavy atom. The van der Waals surface area contributed by atoms with Crippen LogP contribution >= 0.6 is 24.0 Å². The van der Waals surface area contributed by atoms with Gasteiger partial charge in [-0.1, -0.05) is 78.6 Å². The van der Waals surface area contributed by atoms with Crippen molar-refractivity contribution >= 4 is 51.9 Å². The van der Waals surface area contributed by atoms with E-state index in [4.69, 9.17) is 12.2 Å². The average Bonchev–Trinajstić information content (AvgIpc) is 2.98. The second-order valence-corrected chi connectivity index (χ2v) is 7.97. The molecule has 29 heavy (non-hydrogen) atoms. The number of amides is 2. The van der Waals surface area contributed by atoms with Crippen molar-refractivity contribution in [3.63, 3.8) is 0 Å². The zero-order valence-corrected chi connectivity index (χ0v) is 17.2. The third-order valence-electron chi connectivity index (χ3n) is 4.17. The fourth-order valence-corrected chi connectivity index (χ4v) is 3.97. The molecule has 0 saturated carbocycles. The van der Waals surface area contributed by atoms with Gasteiger partial charge in [0.15, 0.2) is 0 Å². The number of nitrogens with one attached hydrogen (secondary N) is 1. The summed E-state index contributed by atoms with van der Waals surface area (Å²) in [6.07, 6.45) is 6.21. The van der Waals surface area contributed by atoms with Crippen LogP contribution in [0.4, 0.5) is 5.69 Å². The third kappa shape index (κ3) is 5.79. The van der Waals surface area contributed by atoms with Crippen LogP contribution in [0.3, 0.4) is 0 Å². The molecule has 2 aromatic rings. The van der Waals surface area contributed by atoms with E-state index in [1.54, 1.807) is 24.3 Å². The molecule has 0 atom stereocenters. The highest BCUT2D eigenvalue weighted by molar-refractivity contribution is 8.26. The molecule has 2 amide bonds. The molecule has 0 aromatic heterocycles. The van der Waals surface area contributed by atoms with E-state index >= 15 is 0 Å². The van der Waals surface area contributed by atoms with Crippen molar-refractivity contribution in [2.24, 2.45) is 0 Å². The van der Waals surface area contributed by atoms with Gasteiger partial charge in [-0.15, -0.1) is 0 Å². The first-order valence-corrected chi connectivity index (χ1v) is 10.3. The molecule has 2 N–H and O–H groups in total. The van der Waals surface area contributed by atoms with E-state index in [2.05, 4.69) is 5.32 Å². The quantitative estimate of drug-likeness (QED) is 0.387. The van der Waals surface area contributed by atoms with Crippen LogP contribution in [0.1, 0.15) is 18.4 Å². The number of anilines is 1. The predicted octanol–water partition coefficient (Wildman–Crippen LogP) is 4.57. The van der Waals surface area contributed by atoms with Crippen LogP contribution in [0, 0.1) is 0 Å². The van der Waals surface area contributed by atoms with Crippen molar-refractivity contribution in [2.75, 3.05) is 11.9 Å². The molecule has 1 fully saturated rings. The minimum atomic E-state index is -0.224. The van der Waals surface area contributed by atoms with Gasteiger partial charge in [-0.2, -0.15) is 0 Å². The van der Waals surface area contributed by atoms with Crippen LogP contribution in [0.15, 0.2) is 71.7 Å². The van der Waals surface area contributed by atoms with Gasteiger partial charge in [0.1, 0.15) is 10.1 Å². The van der Waals surface area contributed by atoms with Crippen LogP contribution in [-0.2, 0) is 9.59 Å². The molecule has 0 spiro atoms. The summed E-state index contributed by atoms with van der Waals surface area (Å²) in [6.45, 7) is 0.374. The number of thiocarbonyl (C=S) groups is 1. The van der Waals surface area contributed by atoms with Gasteiger partial charge in [-0.05, 0) is 30.2 Å². The Hall–Kier alpha value is -2.90. The Balaban J connectivity index is 1.50. The number of allylic oxidation sites excluding steroid dienone is 2. The topological polar surface area (TPSA) is 69.6 Å². The lowest BCUT2D eigenvalue weighted by Crippen LogP contribution is -2.29. The number of hydrogen-bond donors (Lipinski definition) is 2. The largest absolute Gasteiger partial charge is 0.506 e. The van der Waals surface area contributed by atoms with E-state index < -0.39 is 0 Å². The number of aromatic hydroxyl groups is 1. The van der Waals surface area contributed by atoms with Crippen LogP contribution in [0.5, 0.6) is 5.75 Å². The minimum absolute atomic E-state index is 0.0199. The summed E-state index contributed by atoms with van der Waals surface area (Å²) in [6, 6.07) is 16.4. The number of para-hydroxylation sites is 2. The second-order valence-electron chi connectivity index (χ2n) is 6.29. The lowest BCUT2D eigenvalue weighted by atomic mass is 10.2. The number of benzene rings is 2. The van der Waals surface area contributed by atoms with E-state index in [1.807, 2.05) is 42.5 Å². The summed E-state index contributed by atoms with van der Waals surface area (Å²) >= 11 is 6.57. The Kier molecular flexibility index (Phi) is 7.21. The molecule has 1 aliphatic heterocycles. The lowest BCUT2D eigenvalue weighted by Gasteiger charge is -2.14. The number of hydrogen-bond acceptors (Lipinski definition) is 5. The number of phenols is 1. The summed E-state index contributed by atoms with van der Waals surface area (Å²) in [4.78, 5) is 26.7. The van der Waals surface area contributed by atoms with E-state index in [-0.39, 0.29) is 24.0 Å². The molecule has 1 heterocycles. The zero-order valence-electron chi connectivity index (χ0n) is 15.6. The standard InChI is InChI=1S/C22H20N2O3S2/c25-18-12-5-4-11-17(18)23-20(26)14-7-15-24-21(27)19(29-22(24)28)13-6-10-16-8-2-1-3-9-16/h1-6,8-13,25H,7,14-15H2,(H,23,26). The molecule has 1 saturated heterocycles. The average molecular weight is 425 g/mol. The van der Waals surface area contributed by atoms with Gasteiger partial charge >= 0.3 is 0 Å².